The number of methoxy groups -OCH3 is 3. The maximum atomic E-state index is 13.2. The summed E-state index contributed by atoms with van der Waals surface area (Å²) in [5, 5.41) is 0.784. The number of Topliss-reactive ketones (excluding diaryl/α,β-unsaturated/α-hetero) is 1. The molecule has 0 saturated carbocycles. The number of carbonyl (C=O) groups is 2. The highest BCUT2D eigenvalue weighted by molar-refractivity contribution is 6.14. The molecule has 0 fully saturated rings. The summed E-state index contributed by atoms with van der Waals surface area (Å²) in [6.07, 6.45) is -0.0522. The molecule has 4 rings (SSSR count). The zero-order chi connectivity index (χ0) is 24.1. The molecule has 0 radical (unpaired) electrons. The van der Waals surface area contributed by atoms with Gasteiger partial charge in [0.2, 0.25) is 11.5 Å². The van der Waals surface area contributed by atoms with Gasteiger partial charge in [0, 0.05) is 10.9 Å². The lowest BCUT2D eigenvalue weighted by atomic mass is 10.0. The van der Waals surface area contributed by atoms with Crippen LogP contribution in [0.1, 0.15) is 15.9 Å². The number of benzene rings is 3. The third-order valence-electron chi connectivity index (χ3n) is 5.48. The molecular weight excluding hydrogens is 434 g/mol. The average molecular weight is 459 g/mol. The van der Waals surface area contributed by atoms with Crippen LogP contribution < -0.4 is 14.2 Å². The monoisotopic (exact) mass is 459 g/mol. The van der Waals surface area contributed by atoms with Crippen molar-refractivity contribution in [3.05, 3.63) is 77.9 Å². The Balaban J connectivity index is 1.53. The fraction of sp³-hybridized carbons (Fsp3) is 0.185. The molecule has 34 heavy (non-hydrogen) atoms. The van der Waals surface area contributed by atoms with E-state index in [1.54, 1.807) is 12.1 Å². The first-order valence-corrected chi connectivity index (χ1v) is 10.7. The molecule has 1 heterocycles. The number of ketones is 1. The van der Waals surface area contributed by atoms with E-state index in [-0.39, 0.29) is 18.8 Å². The number of fused-ring (bicyclic) bond motifs is 1. The second-order valence-electron chi connectivity index (χ2n) is 7.58. The number of nitrogens with one attached hydrogen (secondary N) is 1. The van der Waals surface area contributed by atoms with E-state index in [0.29, 0.717) is 34.1 Å². The molecule has 0 bridgehead atoms. The number of rotatable bonds is 9. The Bertz CT molecular complexity index is 1300. The third kappa shape index (κ3) is 4.59. The maximum absolute atomic E-state index is 13.2. The summed E-state index contributed by atoms with van der Waals surface area (Å²) in [6, 6.07) is 20.5. The van der Waals surface area contributed by atoms with Gasteiger partial charge in [-0.2, -0.15) is 0 Å². The topological polar surface area (TPSA) is 86.9 Å². The van der Waals surface area contributed by atoms with Gasteiger partial charge in [0.25, 0.3) is 0 Å². The van der Waals surface area contributed by atoms with Crippen molar-refractivity contribution in [3.63, 3.8) is 0 Å². The number of aromatic nitrogens is 1. The van der Waals surface area contributed by atoms with E-state index in [1.165, 1.54) is 21.3 Å². The van der Waals surface area contributed by atoms with E-state index in [2.05, 4.69) is 4.98 Å². The predicted molar refractivity (Wildman–Crippen MR) is 129 cm³/mol. The zero-order valence-electron chi connectivity index (χ0n) is 19.2. The van der Waals surface area contributed by atoms with Crippen LogP contribution in [0.5, 0.6) is 17.2 Å². The molecule has 174 valence electrons. The third-order valence-corrected chi connectivity index (χ3v) is 5.48. The van der Waals surface area contributed by atoms with E-state index >= 15 is 0 Å². The summed E-state index contributed by atoms with van der Waals surface area (Å²) >= 11 is 0. The van der Waals surface area contributed by atoms with E-state index in [4.69, 9.17) is 18.9 Å². The Hall–Kier alpha value is -4.26. The minimum atomic E-state index is -0.538. The molecule has 0 aliphatic heterocycles. The summed E-state index contributed by atoms with van der Waals surface area (Å²) in [6.45, 7) is -0.370. The first-order valence-electron chi connectivity index (χ1n) is 10.7. The highest BCUT2D eigenvalue weighted by Gasteiger charge is 2.21. The maximum Gasteiger partial charge on any atom is 0.310 e. The number of carbonyl (C=O) groups excluding carboxylic acids is 2. The van der Waals surface area contributed by atoms with Crippen molar-refractivity contribution in [1.29, 1.82) is 0 Å². The number of para-hydroxylation sites is 1. The lowest BCUT2D eigenvalue weighted by Gasteiger charge is -2.14. The van der Waals surface area contributed by atoms with E-state index in [1.807, 2.05) is 54.6 Å². The smallest absolute Gasteiger partial charge is 0.310 e. The van der Waals surface area contributed by atoms with Gasteiger partial charge in [-0.3, -0.25) is 9.59 Å². The highest BCUT2D eigenvalue weighted by atomic mass is 16.5. The van der Waals surface area contributed by atoms with Gasteiger partial charge in [-0.15, -0.1) is 0 Å². The molecule has 3 aromatic carbocycles. The molecular formula is C27H25NO6. The quantitative estimate of drug-likeness (QED) is 0.285. The second kappa shape index (κ2) is 10.1. The minimum Gasteiger partial charge on any atom is -0.493 e. The number of ether oxygens (including phenoxy) is 4. The SMILES string of the molecule is COc1cc(CC(=O)OCC(=O)c2c(-c3ccccc3)[nH]c3ccccc23)cc(OC)c1OC. The van der Waals surface area contributed by atoms with Crippen molar-refractivity contribution in [1.82, 2.24) is 4.98 Å². The van der Waals surface area contributed by atoms with Crippen molar-refractivity contribution in [3.8, 4) is 28.5 Å². The number of H-pyrrole nitrogens is 1. The van der Waals surface area contributed by atoms with Gasteiger partial charge < -0.3 is 23.9 Å². The minimum absolute atomic E-state index is 0.0522. The standard InChI is InChI=1S/C27H25NO6/c1-31-22-13-17(14-23(32-2)27(22)33-3)15-24(30)34-16-21(29)25-19-11-7-8-12-20(19)28-26(25)18-9-5-4-6-10-18/h4-14,28H,15-16H2,1-3H3. The van der Waals surface area contributed by atoms with E-state index in [0.717, 1.165) is 16.5 Å². The van der Waals surface area contributed by atoms with Gasteiger partial charge >= 0.3 is 5.97 Å². The highest BCUT2D eigenvalue weighted by Crippen LogP contribution is 2.38. The van der Waals surface area contributed by atoms with Gasteiger partial charge in [-0.25, -0.2) is 0 Å². The normalized spacial score (nSPS) is 10.7. The van der Waals surface area contributed by atoms with Gasteiger partial charge in [0.15, 0.2) is 18.1 Å². The largest absolute Gasteiger partial charge is 0.493 e. The fourth-order valence-electron chi connectivity index (χ4n) is 3.93. The summed E-state index contributed by atoms with van der Waals surface area (Å²) in [5.74, 6) is 0.488. The molecule has 0 saturated heterocycles. The first-order chi connectivity index (χ1) is 16.5. The van der Waals surface area contributed by atoms with Crippen LogP contribution in [0, 0.1) is 0 Å². The zero-order valence-corrected chi connectivity index (χ0v) is 19.2. The number of esters is 1. The second-order valence-corrected chi connectivity index (χ2v) is 7.58. The lowest BCUT2D eigenvalue weighted by Crippen LogP contribution is -2.16. The van der Waals surface area contributed by atoms with Crippen molar-refractivity contribution in [2.75, 3.05) is 27.9 Å². The molecule has 1 N–H and O–H groups in total. The molecule has 7 heteroatoms. The average Bonchev–Trinajstić information content (AvgIpc) is 3.27. The fourth-order valence-corrected chi connectivity index (χ4v) is 3.93. The summed E-state index contributed by atoms with van der Waals surface area (Å²) in [4.78, 5) is 29.1. The number of aromatic amines is 1. The lowest BCUT2D eigenvalue weighted by molar-refractivity contribution is -0.141. The van der Waals surface area contributed by atoms with Gasteiger partial charge in [0.1, 0.15) is 0 Å². The Morgan fingerprint density at radius 3 is 2.12 bits per heavy atom. The van der Waals surface area contributed by atoms with Crippen LogP contribution in [-0.2, 0) is 16.0 Å². The van der Waals surface area contributed by atoms with Crippen LogP contribution in [0.15, 0.2) is 66.7 Å². The van der Waals surface area contributed by atoms with E-state index < -0.39 is 5.97 Å². The Morgan fingerprint density at radius 1 is 0.824 bits per heavy atom. The summed E-state index contributed by atoms with van der Waals surface area (Å²) < 4.78 is 21.3. The van der Waals surface area contributed by atoms with Crippen LogP contribution in [0.25, 0.3) is 22.2 Å². The first kappa shape index (κ1) is 22.9. The summed E-state index contributed by atoms with van der Waals surface area (Å²) in [5.41, 5.74) is 3.54. The Labute approximate surface area is 197 Å². The van der Waals surface area contributed by atoms with Gasteiger partial charge in [0.05, 0.1) is 39.0 Å². The molecule has 0 atom stereocenters. The van der Waals surface area contributed by atoms with E-state index in [9.17, 15) is 9.59 Å². The molecule has 0 spiro atoms. The summed E-state index contributed by atoms with van der Waals surface area (Å²) in [7, 11) is 4.52. The predicted octanol–water partition coefficient (Wildman–Crippen LogP) is 4.83. The molecule has 7 nitrogen and oxygen atoms in total. The van der Waals surface area contributed by atoms with Crippen molar-refractivity contribution >= 4 is 22.7 Å². The number of hydrogen-bond donors (Lipinski definition) is 1. The van der Waals surface area contributed by atoms with Gasteiger partial charge in [-0.1, -0.05) is 48.5 Å². The molecule has 0 amide bonds. The number of hydrogen-bond acceptors (Lipinski definition) is 6. The van der Waals surface area contributed by atoms with Crippen molar-refractivity contribution < 1.29 is 28.5 Å². The van der Waals surface area contributed by atoms with Crippen LogP contribution in [0.4, 0.5) is 0 Å². The molecule has 0 aliphatic rings. The van der Waals surface area contributed by atoms with Crippen molar-refractivity contribution in [2.45, 2.75) is 6.42 Å². The molecule has 0 unspecified atom stereocenters. The van der Waals surface area contributed by atoms with Crippen LogP contribution in [-0.4, -0.2) is 44.7 Å². The van der Waals surface area contributed by atoms with Crippen molar-refractivity contribution in [2.24, 2.45) is 0 Å². The van der Waals surface area contributed by atoms with Crippen LogP contribution >= 0.6 is 0 Å². The van der Waals surface area contributed by atoms with Crippen LogP contribution in [0.3, 0.4) is 0 Å². The Morgan fingerprint density at radius 2 is 1.47 bits per heavy atom. The molecule has 1 aromatic heterocycles. The van der Waals surface area contributed by atoms with Gasteiger partial charge in [-0.05, 0) is 29.3 Å². The molecule has 4 aromatic rings. The molecule has 0 aliphatic carbocycles. The van der Waals surface area contributed by atoms with Crippen LogP contribution in [0.2, 0.25) is 0 Å². The Kier molecular flexibility index (Phi) is 6.82.